The van der Waals surface area contributed by atoms with Gasteiger partial charge in [0.2, 0.25) is 0 Å². The molecule has 0 spiro atoms. The van der Waals surface area contributed by atoms with Crippen molar-refractivity contribution in [3.63, 3.8) is 0 Å². The van der Waals surface area contributed by atoms with E-state index in [0.29, 0.717) is 5.92 Å². The number of carbonyl (C=O) groups excluding carboxylic acids is 1. The third-order valence-electron chi connectivity index (χ3n) is 3.15. The minimum absolute atomic E-state index is 0.0872. The van der Waals surface area contributed by atoms with E-state index in [1.165, 1.54) is 12.8 Å². The van der Waals surface area contributed by atoms with Crippen molar-refractivity contribution in [1.29, 1.82) is 0 Å². The van der Waals surface area contributed by atoms with Gasteiger partial charge in [-0.2, -0.15) is 0 Å². The van der Waals surface area contributed by atoms with Crippen LogP contribution in [0.3, 0.4) is 0 Å². The van der Waals surface area contributed by atoms with Crippen molar-refractivity contribution in [2.45, 2.75) is 18.9 Å². The summed E-state index contributed by atoms with van der Waals surface area (Å²) in [6.45, 7) is 0.0982. The van der Waals surface area contributed by atoms with E-state index in [2.05, 4.69) is 5.32 Å². The molecule has 1 saturated carbocycles. The number of hydrogen-bond donors (Lipinski definition) is 2. The molecule has 0 radical (unpaired) electrons. The van der Waals surface area contributed by atoms with Crippen LogP contribution in [0.4, 0.5) is 5.69 Å². The minimum atomic E-state index is -0.107. The molecule has 0 saturated heterocycles. The van der Waals surface area contributed by atoms with Gasteiger partial charge in [-0.05, 0) is 36.5 Å². The second-order valence-electron chi connectivity index (χ2n) is 4.46. The molecule has 0 unspecified atom stereocenters. The molecule has 4 nitrogen and oxygen atoms in total. The Kier molecular flexibility index (Phi) is 2.11. The Bertz CT molecular complexity index is 441. The maximum atomic E-state index is 11.2. The highest BCUT2D eigenvalue weighted by molar-refractivity contribution is 5.95. The third kappa shape index (κ3) is 1.65. The Balaban J connectivity index is 1.91. The molecule has 1 amide bonds. The average molecular weight is 218 g/mol. The summed E-state index contributed by atoms with van der Waals surface area (Å²) in [6, 6.07) is 5.88. The number of rotatable bonds is 2. The normalized spacial score (nSPS) is 20.7. The molecule has 1 aromatic carbocycles. The first-order valence-corrected chi connectivity index (χ1v) is 5.56. The second-order valence-corrected chi connectivity index (χ2v) is 4.46. The molecular formula is C12H14N2O2. The predicted octanol–water partition coefficient (Wildman–Crippen LogP) is 1.43. The van der Waals surface area contributed by atoms with Crippen LogP contribution < -0.4 is 15.8 Å². The van der Waals surface area contributed by atoms with Crippen molar-refractivity contribution in [1.82, 2.24) is 0 Å². The Labute approximate surface area is 93.8 Å². The van der Waals surface area contributed by atoms with Gasteiger partial charge in [-0.3, -0.25) is 4.79 Å². The van der Waals surface area contributed by atoms with Crippen LogP contribution in [0.15, 0.2) is 18.2 Å². The summed E-state index contributed by atoms with van der Waals surface area (Å²) in [6.07, 6.45) is 2.42. The fourth-order valence-electron chi connectivity index (χ4n) is 2.04. The Hall–Kier alpha value is -1.55. The number of ether oxygens (including phenoxy) is 1. The van der Waals surface area contributed by atoms with Gasteiger partial charge in [-0.1, -0.05) is 6.07 Å². The molecule has 0 aromatic heterocycles. The van der Waals surface area contributed by atoms with E-state index in [0.717, 1.165) is 17.0 Å². The third-order valence-corrected chi connectivity index (χ3v) is 3.15. The minimum Gasteiger partial charge on any atom is -0.482 e. The number of fused-ring (bicyclic) bond motifs is 1. The topological polar surface area (TPSA) is 64.3 Å². The molecule has 16 heavy (non-hydrogen) atoms. The number of nitrogens with two attached hydrogens (primary N) is 1. The van der Waals surface area contributed by atoms with Crippen molar-refractivity contribution >= 4 is 11.6 Å². The lowest BCUT2D eigenvalue weighted by molar-refractivity contribution is -0.118. The van der Waals surface area contributed by atoms with Crippen LogP contribution in [0.25, 0.3) is 0 Å². The van der Waals surface area contributed by atoms with Crippen molar-refractivity contribution < 1.29 is 9.53 Å². The van der Waals surface area contributed by atoms with Crippen molar-refractivity contribution in [2.75, 3.05) is 11.9 Å². The Morgan fingerprint density at radius 3 is 3.00 bits per heavy atom. The van der Waals surface area contributed by atoms with Gasteiger partial charge in [0.1, 0.15) is 5.75 Å². The van der Waals surface area contributed by atoms with Gasteiger partial charge in [-0.15, -0.1) is 0 Å². The molecule has 1 atom stereocenters. The zero-order chi connectivity index (χ0) is 11.1. The Morgan fingerprint density at radius 2 is 2.25 bits per heavy atom. The van der Waals surface area contributed by atoms with E-state index in [1.54, 1.807) is 0 Å². The van der Waals surface area contributed by atoms with E-state index < -0.39 is 0 Å². The first kappa shape index (κ1) is 9.66. The smallest absolute Gasteiger partial charge is 0.262 e. The van der Waals surface area contributed by atoms with E-state index >= 15 is 0 Å². The number of benzene rings is 1. The standard InChI is InChI=1S/C12H14N2O2/c13-12(7-1-2-7)8-3-4-10-9(5-8)14-11(15)6-16-10/h3-5,7,12H,1-2,6,13H2,(H,14,15)/t12-/m0/s1. The van der Waals surface area contributed by atoms with E-state index in [9.17, 15) is 4.79 Å². The maximum Gasteiger partial charge on any atom is 0.262 e. The number of nitrogens with one attached hydrogen (secondary N) is 1. The fraction of sp³-hybridized carbons (Fsp3) is 0.417. The van der Waals surface area contributed by atoms with E-state index in [-0.39, 0.29) is 18.6 Å². The molecule has 1 aliphatic heterocycles. The molecule has 1 heterocycles. The van der Waals surface area contributed by atoms with Crippen LogP contribution in [0.1, 0.15) is 24.4 Å². The molecule has 2 aliphatic rings. The summed E-state index contributed by atoms with van der Waals surface area (Å²) in [5, 5.41) is 2.79. The highest BCUT2D eigenvalue weighted by atomic mass is 16.5. The van der Waals surface area contributed by atoms with Gasteiger partial charge in [0.15, 0.2) is 6.61 Å². The van der Waals surface area contributed by atoms with Crippen LogP contribution in [-0.4, -0.2) is 12.5 Å². The van der Waals surface area contributed by atoms with Crippen molar-refractivity contribution in [3.8, 4) is 5.75 Å². The van der Waals surface area contributed by atoms with Crippen LogP contribution in [0.5, 0.6) is 5.75 Å². The zero-order valence-corrected chi connectivity index (χ0v) is 8.90. The lowest BCUT2D eigenvalue weighted by atomic mass is 10.0. The van der Waals surface area contributed by atoms with Crippen LogP contribution in [0, 0.1) is 5.92 Å². The van der Waals surface area contributed by atoms with E-state index in [4.69, 9.17) is 10.5 Å². The highest BCUT2D eigenvalue weighted by Crippen LogP contribution is 2.41. The molecule has 4 heteroatoms. The van der Waals surface area contributed by atoms with Crippen LogP contribution in [-0.2, 0) is 4.79 Å². The largest absolute Gasteiger partial charge is 0.482 e. The summed E-state index contributed by atoms with van der Waals surface area (Å²) in [5.41, 5.74) is 7.93. The first-order chi connectivity index (χ1) is 7.74. The number of carbonyl (C=O) groups is 1. The van der Waals surface area contributed by atoms with E-state index in [1.807, 2.05) is 18.2 Å². The molecule has 1 fully saturated rings. The van der Waals surface area contributed by atoms with Gasteiger partial charge in [0.25, 0.3) is 5.91 Å². The Morgan fingerprint density at radius 1 is 1.44 bits per heavy atom. The quantitative estimate of drug-likeness (QED) is 0.789. The number of hydrogen-bond acceptors (Lipinski definition) is 3. The molecule has 3 rings (SSSR count). The first-order valence-electron chi connectivity index (χ1n) is 5.56. The SMILES string of the molecule is N[C@H](c1ccc2c(c1)NC(=O)CO2)C1CC1. The lowest BCUT2D eigenvalue weighted by Gasteiger charge is -2.20. The predicted molar refractivity (Wildman–Crippen MR) is 60.2 cm³/mol. The molecular weight excluding hydrogens is 204 g/mol. The van der Waals surface area contributed by atoms with Crippen LogP contribution in [0.2, 0.25) is 0 Å². The summed E-state index contributed by atoms with van der Waals surface area (Å²) in [5.74, 6) is 1.23. The summed E-state index contributed by atoms with van der Waals surface area (Å²) in [7, 11) is 0. The molecule has 3 N–H and O–H groups in total. The monoisotopic (exact) mass is 218 g/mol. The summed E-state index contributed by atoms with van der Waals surface area (Å²) >= 11 is 0. The summed E-state index contributed by atoms with van der Waals surface area (Å²) < 4.78 is 5.29. The van der Waals surface area contributed by atoms with Crippen LogP contribution >= 0.6 is 0 Å². The molecule has 1 aromatic rings. The molecule has 84 valence electrons. The van der Waals surface area contributed by atoms with Gasteiger partial charge in [-0.25, -0.2) is 0 Å². The zero-order valence-electron chi connectivity index (χ0n) is 8.90. The second kappa shape index (κ2) is 3.49. The lowest BCUT2D eigenvalue weighted by Crippen LogP contribution is -2.25. The van der Waals surface area contributed by atoms with Crippen molar-refractivity contribution in [3.05, 3.63) is 23.8 Å². The highest BCUT2D eigenvalue weighted by Gasteiger charge is 2.30. The van der Waals surface area contributed by atoms with Gasteiger partial charge >= 0.3 is 0 Å². The summed E-state index contributed by atoms with van der Waals surface area (Å²) in [4.78, 5) is 11.2. The fourth-order valence-corrected chi connectivity index (χ4v) is 2.04. The number of amides is 1. The average Bonchev–Trinajstić information content (AvgIpc) is 3.11. The van der Waals surface area contributed by atoms with Gasteiger partial charge in [0, 0.05) is 6.04 Å². The van der Waals surface area contributed by atoms with Gasteiger partial charge in [0.05, 0.1) is 5.69 Å². The number of anilines is 1. The molecule has 0 bridgehead atoms. The van der Waals surface area contributed by atoms with Crippen molar-refractivity contribution in [2.24, 2.45) is 11.7 Å². The molecule has 1 aliphatic carbocycles. The van der Waals surface area contributed by atoms with Gasteiger partial charge < -0.3 is 15.8 Å². The maximum absolute atomic E-state index is 11.2.